The van der Waals surface area contributed by atoms with Crippen molar-refractivity contribution < 1.29 is 9.53 Å². The highest BCUT2D eigenvalue weighted by Gasteiger charge is 2.29. The first-order valence-corrected chi connectivity index (χ1v) is 9.29. The lowest BCUT2D eigenvalue weighted by atomic mass is 10.1. The molecule has 28 heavy (non-hydrogen) atoms. The van der Waals surface area contributed by atoms with E-state index in [1.54, 1.807) is 7.11 Å². The van der Waals surface area contributed by atoms with Crippen LogP contribution >= 0.6 is 0 Å². The van der Waals surface area contributed by atoms with Gasteiger partial charge in [0, 0.05) is 34.9 Å². The second-order valence-electron chi connectivity index (χ2n) is 7.11. The molecule has 0 saturated heterocycles. The Balaban J connectivity index is 1.55. The van der Waals surface area contributed by atoms with E-state index in [0.29, 0.717) is 12.3 Å². The third kappa shape index (κ3) is 2.49. The van der Waals surface area contributed by atoms with E-state index in [2.05, 4.69) is 41.9 Å². The Morgan fingerprint density at radius 1 is 0.929 bits per heavy atom. The molecule has 0 saturated carbocycles. The van der Waals surface area contributed by atoms with E-state index < -0.39 is 0 Å². The van der Waals surface area contributed by atoms with Crippen molar-refractivity contribution in [2.45, 2.75) is 6.54 Å². The maximum Gasteiger partial charge on any atom is 0.259 e. The van der Waals surface area contributed by atoms with Gasteiger partial charge < -0.3 is 14.2 Å². The Bertz CT molecular complexity index is 1210. The van der Waals surface area contributed by atoms with Crippen LogP contribution < -0.4 is 9.64 Å². The van der Waals surface area contributed by atoms with E-state index in [4.69, 9.17) is 4.74 Å². The summed E-state index contributed by atoms with van der Waals surface area (Å²) in [6.07, 6.45) is 0. The number of carbonyl (C=O) groups excluding carboxylic acids is 1. The van der Waals surface area contributed by atoms with Crippen LogP contribution in [0.2, 0.25) is 0 Å². The molecule has 0 aliphatic carbocycles. The molecule has 138 valence electrons. The molecule has 4 aromatic rings. The zero-order valence-electron chi connectivity index (χ0n) is 15.8. The average Bonchev–Trinajstić information content (AvgIpc) is 3.25. The minimum Gasteiger partial charge on any atom is -0.497 e. The van der Waals surface area contributed by atoms with E-state index in [1.807, 2.05) is 47.4 Å². The zero-order chi connectivity index (χ0) is 19.3. The predicted molar refractivity (Wildman–Crippen MR) is 112 cm³/mol. The van der Waals surface area contributed by atoms with E-state index >= 15 is 0 Å². The number of anilines is 1. The third-order valence-corrected chi connectivity index (χ3v) is 5.53. The van der Waals surface area contributed by atoms with E-state index in [9.17, 15) is 4.79 Å². The number of nitrogens with zero attached hydrogens (tertiary/aromatic N) is 2. The first kappa shape index (κ1) is 16.6. The van der Waals surface area contributed by atoms with Gasteiger partial charge in [-0.25, -0.2) is 0 Å². The number of carbonyl (C=O) groups is 1. The third-order valence-electron chi connectivity index (χ3n) is 5.53. The molecule has 1 aliphatic rings. The van der Waals surface area contributed by atoms with Gasteiger partial charge in [-0.1, -0.05) is 36.4 Å². The zero-order valence-corrected chi connectivity index (χ0v) is 15.8. The van der Waals surface area contributed by atoms with Gasteiger partial charge in [-0.2, -0.15) is 0 Å². The Labute approximate surface area is 163 Å². The van der Waals surface area contributed by atoms with Gasteiger partial charge >= 0.3 is 0 Å². The highest BCUT2D eigenvalue weighted by atomic mass is 16.5. The summed E-state index contributed by atoms with van der Waals surface area (Å²) < 4.78 is 7.47. The molecule has 4 heteroatoms. The molecule has 0 radical (unpaired) electrons. The number of hydrogen-bond acceptors (Lipinski definition) is 2. The molecule has 5 rings (SSSR count). The molecular weight excluding hydrogens is 348 g/mol. The maximum absolute atomic E-state index is 13.0. The minimum atomic E-state index is 0.0208. The number of fused-ring (bicyclic) bond motifs is 2. The van der Waals surface area contributed by atoms with Crippen LogP contribution in [0.3, 0.4) is 0 Å². The second kappa shape index (κ2) is 6.27. The summed E-state index contributed by atoms with van der Waals surface area (Å²) >= 11 is 0. The summed E-state index contributed by atoms with van der Waals surface area (Å²) in [4.78, 5) is 14.8. The number of methoxy groups -OCH3 is 1. The van der Waals surface area contributed by atoms with Crippen LogP contribution in [-0.4, -0.2) is 17.6 Å². The molecule has 1 amide bonds. The minimum absolute atomic E-state index is 0.0208. The van der Waals surface area contributed by atoms with Crippen molar-refractivity contribution in [3.63, 3.8) is 0 Å². The van der Waals surface area contributed by atoms with Gasteiger partial charge in [0.2, 0.25) is 0 Å². The molecule has 0 unspecified atom stereocenters. The standard InChI is InChI=1S/C24H20N2O2/c1-25-22-11-9-19(12-18(22)13-23(25)16-6-4-3-5-7-16)26-15-17-8-10-20(28-2)14-21(17)24(26)27/h3-14H,15H2,1-2H3. The highest BCUT2D eigenvalue weighted by Crippen LogP contribution is 2.34. The van der Waals surface area contributed by atoms with Crippen LogP contribution in [0.1, 0.15) is 15.9 Å². The fraction of sp³-hybridized carbons (Fsp3) is 0.125. The smallest absolute Gasteiger partial charge is 0.259 e. The van der Waals surface area contributed by atoms with Crippen LogP contribution in [0, 0.1) is 0 Å². The molecule has 4 nitrogen and oxygen atoms in total. The van der Waals surface area contributed by atoms with Crippen LogP contribution in [0.25, 0.3) is 22.2 Å². The summed E-state index contributed by atoms with van der Waals surface area (Å²) in [5, 5.41) is 1.13. The molecule has 1 aliphatic heterocycles. The first-order chi connectivity index (χ1) is 13.7. The van der Waals surface area contributed by atoms with Gasteiger partial charge in [0.1, 0.15) is 5.75 Å². The van der Waals surface area contributed by atoms with Gasteiger partial charge in [0.25, 0.3) is 5.91 Å². The van der Waals surface area contributed by atoms with Gasteiger partial charge in [-0.3, -0.25) is 4.79 Å². The molecule has 1 aromatic heterocycles. The van der Waals surface area contributed by atoms with Crippen LogP contribution in [-0.2, 0) is 13.6 Å². The van der Waals surface area contributed by atoms with E-state index in [0.717, 1.165) is 33.4 Å². The lowest BCUT2D eigenvalue weighted by molar-refractivity contribution is 0.0996. The van der Waals surface area contributed by atoms with E-state index in [-0.39, 0.29) is 5.91 Å². The normalized spacial score (nSPS) is 13.2. The number of aromatic nitrogens is 1. The number of aryl methyl sites for hydroxylation is 1. The van der Waals surface area contributed by atoms with Crippen LogP contribution in [0.4, 0.5) is 5.69 Å². The SMILES string of the molecule is COc1ccc2c(c1)C(=O)N(c1ccc3c(c1)cc(-c1ccccc1)n3C)C2. The molecule has 0 N–H and O–H groups in total. The summed E-state index contributed by atoms with van der Waals surface area (Å²) in [5.74, 6) is 0.729. The topological polar surface area (TPSA) is 34.5 Å². The number of benzene rings is 3. The quantitative estimate of drug-likeness (QED) is 0.509. The van der Waals surface area contributed by atoms with Crippen molar-refractivity contribution in [1.82, 2.24) is 4.57 Å². The van der Waals surface area contributed by atoms with Gasteiger partial charge in [-0.05, 0) is 47.5 Å². The molecule has 2 heterocycles. The monoisotopic (exact) mass is 368 g/mol. The average molecular weight is 368 g/mol. The Hall–Kier alpha value is -3.53. The van der Waals surface area contributed by atoms with E-state index in [1.165, 1.54) is 5.56 Å². The van der Waals surface area contributed by atoms with Crippen molar-refractivity contribution >= 4 is 22.5 Å². The summed E-state index contributed by atoms with van der Waals surface area (Å²) in [6.45, 7) is 0.585. The van der Waals surface area contributed by atoms with Gasteiger partial charge in [0.05, 0.1) is 13.7 Å². The predicted octanol–water partition coefficient (Wildman–Crippen LogP) is 5.01. The molecule has 3 aromatic carbocycles. The Morgan fingerprint density at radius 3 is 2.54 bits per heavy atom. The molecule has 0 spiro atoms. The Kier molecular flexibility index (Phi) is 3.72. The lowest BCUT2D eigenvalue weighted by Gasteiger charge is -2.16. The first-order valence-electron chi connectivity index (χ1n) is 9.29. The number of ether oxygens (including phenoxy) is 1. The number of rotatable bonds is 3. The van der Waals surface area contributed by atoms with Gasteiger partial charge in [-0.15, -0.1) is 0 Å². The van der Waals surface area contributed by atoms with Crippen molar-refractivity contribution in [3.05, 3.63) is 83.9 Å². The highest BCUT2D eigenvalue weighted by molar-refractivity contribution is 6.11. The molecule has 0 fully saturated rings. The fourth-order valence-electron chi connectivity index (χ4n) is 4.01. The number of amides is 1. The summed E-state index contributed by atoms with van der Waals surface area (Å²) in [6, 6.07) is 24.5. The van der Waals surface area contributed by atoms with Crippen molar-refractivity contribution in [2.75, 3.05) is 12.0 Å². The van der Waals surface area contributed by atoms with Crippen molar-refractivity contribution in [2.24, 2.45) is 7.05 Å². The van der Waals surface area contributed by atoms with Crippen molar-refractivity contribution in [1.29, 1.82) is 0 Å². The molecular formula is C24H20N2O2. The van der Waals surface area contributed by atoms with Crippen LogP contribution in [0.5, 0.6) is 5.75 Å². The second-order valence-corrected chi connectivity index (χ2v) is 7.11. The lowest BCUT2D eigenvalue weighted by Crippen LogP contribution is -2.22. The summed E-state index contributed by atoms with van der Waals surface area (Å²) in [5.41, 5.74) is 6.15. The van der Waals surface area contributed by atoms with Crippen molar-refractivity contribution in [3.8, 4) is 17.0 Å². The fourth-order valence-corrected chi connectivity index (χ4v) is 4.01. The largest absolute Gasteiger partial charge is 0.497 e. The molecule has 0 bridgehead atoms. The Morgan fingerprint density at radius 2 is 1.75 bits per heavy atom. The van der Waals surface area contributed by atoms with Crippen LogP contribution in [0.15, 0.2) is 72.8 Å². The maximum atomic E-state index is 13.0. The summed E-state index contributed by atoms with van der Waals surface area (Å²) in [7, 11) is 3.69. The molecule has 0 atom stereocenters. The van der Waals surface area contributed by atoms with Gasteiger partial charge in [0.15, 0.2) is 0 Å². The number of hydrogen-bond donors (Lipinski definition) is 0.